The van der Waals surface area contributed by atoms with E-state index in [2.05, 4.69) is 10.6 Å². The number of ether oxygens (including phenoxy) is 2. The van der Waals surface area contributed by atoms with Crippen molar-refractivity contribution in [3.8, 4) is 11.5 Å². The average Bonchev–Trinajstić information content (AvgIpc) is 3.56. The molecule has 12 nitrogen and oxygen atoms in total. The summed E-state index contributed by atoms with van der Waals surface area (Å²) >= 11 is 12.6. The number of carbonyl (C=O) groups excluding carboxylic acids is 1. The van der Waals surface area contributed by atoms with Gasteiger partial charge in [0.15, 0.2) is 5.66 Å². The molecule has 6 rings (SSSR count). The maximum atomic E-state index is 15.4. The van der Waals surface area contributed by atoms with Gasteiger partial charge in [-0.3, -0.25) is 20.3 Å². The summed E-state index contributed by atoms with van der Waals surface area (Å²) in [5.74, 6) is 0.0976. The van der Waals surface area contributed by atoms with E-state index in [4.69, 9.17) is 32.7 Å². The lowest BCUT2D eigenvalue weighted by molar-refractivity contribution is -0.141. The molecular formula is C37H47Cl2N5O7S2. The first kappa shape index (κ1) is 39.7. The van der Waals surface area contributed by atoms with Gasteiger partial charge < -0.3 is 14.4 Å². The number of sulfonamides is 1. The van der Waals surface area contributed by atoms with Crippen LogP contribution < -0.4 is 20.1 Å². The first-order valence-corrected chi connectivity index (χ1v) is 22.1. The fraction of sp³-hybridized carbons (Fsp3) is 0.486. The first-order valence-electron chi connectivity index (χ1n) is 17.9. The highest BCUT2D eigenvalue weighted by Crippen LogP contribution is 2.47. The molecule has 0 radical (unpaired) electrons. The van der Waals surface area contributed by atoms with Crippen molar-refractivity contribution in [2.75, 3.05) is 71.5 Å². The van der Waals surface area contributed by atoms with Gasteiger partial charge in [-0.15, -0.1) is 0 Å². The Morgan fingerprint density at radius 2 is 1.36 bits per heavy atom. The lowest BCUT2D eigenvalue weighted by atomic mass is 9.95. The minimum absolute atomic E-state index is 0.0252. The summed E-state index contributed by atoms with van der Waals surface area (Å²) in [6.07, 6.45) is 3.66. The number of sulfone groups is 1. The van der Waals surface area contributed by atoms with Crippen molar-refractivity contribution < 1.29 is 31.1 Å². The number of rotatable bonds is 12. The summed E-state index contributed by atoms with van der Waals surface area (Å²) in [6.45, 7) is 4.77. The Labute approximate surface area is 322 Å². The van der Waals surface area contributed by atoms with Gasteiger partial charge in [-0.1, -0.05) is 53.9 Å². The van der Waals surface area contributed by atoms with Crippen LogP contribution in [0.5, 0.6) is 11.5 Å². The highest BCUT2D eigenvalue weighted by molar-refractivity contribution is 7.90. The highest BCUT2D eigenvalue weighted by Gasteiger charge is 2.55. The predicted octanol–water partition coefficient (Wildman–Crippen LogP) is 4.59. The van der Waals surface area contributed by atoms with E-state index in [-0.39, 0.29) is 34.7 Å². The number of halogens is 2. The summed E-state index contributed by atoms with van der Waals surface area (Å²) in [5.41, 5.74) is 0.284. The van der Waals surface area contributed by atoms with Gasteiger partial charge in [-0.05, 0) is 61.2 Å². The van der Waals surface area contributed by atoms with Crippen molar-refractivity contribution in [1.82, 2.24) is 24.7 Å². The van der Waals surface area contributed by atoms with Gasteiger partial charge in [0.25, 0.3) is 5.91 Å². The summed E-state index contributed by atoms with van der Waals surface area (Å²) in [6, 6.07) is 16.8. The van der Waals surface area contributed by atoms with E-state index in [1.54, 1.807) is 35.2 Å². The fourth-order valence-corrected chi connectivity index (χ4v) is 9.90. The lowest BCUT2D eigenvalue weighted by Gasteiger charge is -2.41. The minimum atomic E-state index is -4.05. The number of piperazine rings is 1. The Kier molecular flexibility index (Phi) is 12.3. The average molecular weight is 809 g/mol. The van der Waals surface area contributed by atoms with Crippen molar-refractivity contribution in [3.63, 3.8) is 0 Å². The normalized spacial score (nSPS) is 23.2. The lowest BCUT2D eigenvalue weighted by Crippen LogP contribution is -2.62. The molecular weight excluding hydrogens is 761 g/mol. The summed E-state index contributed by atoms with van der Waals surface area (Å²) in [5, 5.41) is 8.45. The van der Waals surface area contributed by atoms with Crippen LogP contribution in [0.1, 0.15) is 55.0 Å². The van der Waals surface area contributed by atoms with Gasteiger partial charge >= 0.3 is 0 Å². The van der Waals surface area contributed by atoms with Crippen molar-refractivity contribution in [2.24, 2.45) is 0 Å². The smallest absolute Gasteiger partial charge is 0.262 e. The molecule has 1 amide bonds. The van der Waals surface area contributed by atoms with Gasteiger partial charge in [0.1, 0.15) is 26.2 Å². The maximum Gasteiger partial charge on any atom is 0.262 e. The molecule has 0 aromatic heterocycles. The predicted molar refractivity (Wildman–Crippen MR) is 206 cm³/mol. The maximum absolute atomic E-state index is 15.4. The van der Waals surface area contributed by atoms with Gasteiger partial charge in [0.05, 0.1) is 31.6 Å². The van der Waals surface area contributed by atoms with E-state index >= 15 is 4.79 Å². The highest BCUT2D eigenvalue weighted by atomic mass is 35.5. The van der Waals surface area contributed by atoms with Crippen molar-refractivity contribution in [2.45, 2.75) is 48.8 Å². The Balaban J connectivity index is 1.52. The number of carbonyl (C=O) groups is 1. The number of nitrogens with zero attached hydrogens (tertiary/aromatic N) is 3. The standard InChI is InChI=1S/C37H47Cl2N5O7S2/c1-4-51-31-25-32(50-2)33(53(48,49)44-16-6-5-7-17-44)24-30(31)37(36(45)43-20-18-42(19-21-43)22-23-52(3,46)47)40-34(26-8-12-28(38)13-9-26)35(41-37)27-10-14-29(39)15-11-27/h8-15,24-25,34-35,40-41H,4-7,16-23H2,1-3H3/t34-,35+,37?. The molecule has 16 heteroatoms. The molecule has 0 aliphatic carbocycles. The Bertz CT molecular complexity index is 1930. The second-order valence-corrected chi connectivity index (χ2v) is 18.8. The van der Waals surface area contributed by atoms with E-state index in [0.29, 0.717) is 61.4 Å². The van der Waals surface area contributed by atoms with E-state index in [1.165, 1.54) is 23.7 Å². The molecule has 1 unspecified atom stereocenters. The molecule has 3 aliphatic heterocycles. The van der Waals surface area contributed by atoms with E-state index in [9.17, 15) is 16.8 Å². The van der Waals surface area contributed by atoms with Gasteiger partial charge in [0.2, 0.25) is 10.0 Å². The van der Waals surface area contributed by atoms with Crippen LogP contribution >= 0.6 is 23.2 Å². The zero-order valence-electron chi connectivity index (χ0n) is 30.2. The number of hydrogen-bond donors (Lipinski definition) is 2. The van der Waals surface area contributed by atoms with Crippen LogP contribution in [0.25, 0.3) is 0 Å². The third kappa shape index (κ3) is 8.65. The van der Waals surface area contributed by atoms with Gasteiger partial charge in [-0.2, -0.15) is 4.31 Å². The van der Waals surface area contributed by atoms with Gasteiger partial charge in [-0.25, -0.2) is 16.8 Å². The molecule has 288 valence electrons. The number of piperidine rings is 1. The number of amides is 1. The van der Waals surface area contributed by atoms with E-state index < -0.39 is 37.6 Å². The van der Waals surface area contributed by atoms with E-state index in [0.717, 1.165) is 30.4 Å². The second-order valence-electron chi connectivity index (χ2n) is 13.8. The summed E-state index contributed by atoms with van der Waals surface area (Å²) < 4.78 is 65.9. The van der Waals surface area contributed by atoms with Crippen LogP contribution in [-0.4, -0.2) is 108 Å². The molecule has 3 heterocycles. The fourth-order valence-electron chi connectivity index (χ4n) is 7.38. The van der Waals surface area contributed by atoms with Crippen molar-refractivity contribution in [3.05, 3.63) is 87.4 Å². The largest absolute Gasteiger partial charge is 0.495 e. The van der Waals surface area contributed by atoms with Crippen LogP contribution in [0, 0.1) is 0 Å². The van der Waals surface area contributed by atoms with Gasteiger partial charge in [0, 0.05) is 73.7 Å². The Hall–Kier alpha value is -2.95. The number of methoxy groups -OCH3 is 1. The zero-order valence-corrected chi connectivity index (χ0v) is 33.3. The molecule has 2 N–H and O–H groups in total. The number of nitrogens with one attached hydrogen (secondary N) is 2. The van der Waals surface area contributed by atoms with Crippen molar-refractivity contribution >= 4 is 49.0 Å². The third-order valence-corrected chi connectivity index (χ3v) is 13.5. The Morgan fingerprint density at radius 1 is 0.811 bits per heavy atom. The van der Waals surface area contributed by atoms with Crippen molar-refractivity contribution in [1.29, 1.82) is 0 Å². The molecule has 3 aromatic rings. The van der Waals surface area contributed by atoms with Crippen LogP contribution in [-0.2, 0) is 30.3 Å². The zero-order chi connectivity index (χ0) is 38.0. The molecule has 3 fully saturated rings. The van der Waals surface area contributed by atoms with Crippen LogP contribution in [0.15, 0.2) is 65.6 Å². The first-order chi connectivity index (χ1) is 25.3. The SMILES string of the molecule is CCOc1cc(OC)c(S(=O)(=O)N2CCCCC2)cc1C1(C(=O)N2CCN(CCS(C)(=O)=O)CC2)N[C@H](c2ccc(Cl)cc2)[C@H](c2ccc(Cl)cc2)N1. The molecule has 3 aromatic carbocycles. The molecule has 0 spiro atoms. The van der Waals surface area contributed by atoms with Crippen LogP contribution in [0.4, 0.5) is 0 Å². The summed E-state index contributed by atoms with van der Waals surface area (Å²) in [7, 11) is -5.78. The quantitative estimate of drug-likeness (QED) is 0.268. The number of benzene rings is 3. The second kappa shape index (κ2) is 16.4. The Morgan fingerprint density at radius 3 is 1.85 bits per heavy atom. The topological polar surface area (TPSA) is 138 Å². The summed E-state index contributed by atoms with van der Waals surface area (Å²) in [4.78, 5) is 19.1. The molecule has 0 saturated carbocycles. The molecule has 0 bridgehead atoms. The molecule has 53 heavy (non-hydrogen) atoms. The van der Waals surface area contributed by atoms with E-state index in [1.807, 2.05) is 36.1 Å². The minimum Gasteiger partial charge on any atom is -0.495 e. The third-order valence-electron chi connectivity index (χ3n) is 10.2. The van der Waals surface area contributed by atoms with Crippen LogP contribution in [0.2, 0.25) is 10.0 Å². The monoisotopic (exact) mass is 807 g/mol. The number of hydrogen-bond acceptors (Lipinski definition) is 10. The molecule has 3 aliphatic rings. The molecule has 3 saturated heterocycles. The van der Waals surface area contributed by atoms with Crippen LogP contribution in [0.3, 0.4) is 0 Å². The molecule has 3 atom stereocenters.